The summed E-state index contributed by atoms with van der Waals surface area (Å²) < 4.78 is 0. The molecule has 0 amide bonds. The molecule has 0 saturated carbocycles. The highest BCUT2D eigenvalue weighted by Gasteiger charge is 2.34. The molecule has 17 heavy (non-hydrogen) atoms. The number of halogens is 1. The van der Waals surface area contributed by atoms with Gasteiger partial charge in [0.25, 0.3) is 0 Å². The van der Waals surface area contributed by atoms with Crippen molar-refractivity contribution < 1.29 is 0 Å². The minimum Gasteiger partial charge on any atom is -0.316 e. The van der Waals surface area contributed by atoms with Crippen molar-refractivity contribution in [2.75, 3.05) is 13.1 Å². The van der Waals surface area contributed by atoms with Crippen molar-refractivity contribution in [1.82, 2.24) is 10.3 Å². The highest BCUT2D eigenvalue weighted by molar-refractivity contribution is 6.30. The molecule has 86 valence electrons. The first-order valence-corrected chi connectivity index (χ1v) is 6.14. The van der Waals surface area contributed by atoms with E-state index in [1.54, 1.807) is 6.20 Å². The highest BCUT2D eigenvalue weighted by Crippen LogP contribution is 2.40. The first kappa shape index (κ1) is 10.8. The Balaban J connectivity index is 1.98. The summed E-state index contributed by atoms with van der Waals surface area (Å²) in [6, 6.07) is 3.93. The average Bonchev–Trinajstić information content (AvgIpc) is 2.92. The van der Waals surface area contributed by atoms with E-state index in [1.165, 1.54) is 5.57 Å². The molecule has 0 aromatic carbocycles. The van der Waals surface area contributed by atoms with E-state index in [1.807, 2.05) is 6.07 Å². The molecular formula is C13H12ClN3. The minimum absolute atomic E-state index is 0.288. The van der Waals surface area contributed by atoms with Gasteiger partial charge in [0.2, 0.25) is 0 Å². The van der Waals surface area contributed by atoms with Crippen LogP contribution in [0.25, 0.3) is 5.57 Å². The van der Waals surface area contributed by atoms with Crippen molar-refractivity contribution in [3.8, 4) is 6.07 Å². The van der Waals surface area contributed by atoms with Crippen LogP contribution in [0.1, 0.15) is 17.5 Å². The second-order valence-corrected chi connectivity index (χ2v) is 4.95. The van der Waals surface area contributed by atoms with Crippen molar-refractivity contribution in [1.29, 1.82) is 5.26 Å². The van der Waals surface area contributed by atoms with Gasteiger partial charge >= 0.3 is 0 Å². The number of rotatable bonds is 1. The number of nitriles is 1. The fourth-order valence-electron chi connectivity index (χ4n) is 2.79. The summed E-state index contributed by atoms with van der Waals surface area (Å²) in [5, 5.41) is 12.7. The Morgan fingerprint density at radius 1 is 1.47 bits per heavy atom. The topological polar surface area (TPSA) is 48.7 Å². The molecule has 2 aliphatic rings. The molecule has 1 fully saturated rings. The van der Waals surface area contributed by atoms with E-state index in [9.17, 15) is 0 Å². The average molecular weight is 246 g/mol. The Labute approximate surface area is 105 Å². The van der Waals surface area contributed by atoms with E-state index in [-0.39, 0.29) is 5.15 Å². The van der Waals surface area contributed by atoms with Crippen LogP contribution in [-0.2, 0) is 0 Å². The van der Waals surface area contributed by atoms with Crippen LogP contribution in [0.2, 0.25) is 5.15 Å². The van der Waals surface area contributed by atoms with E-state index >= 15 is 0 Å². The summed E-state index contributed by atoms with van der Waals surface area (Å²) in [7, 11) is 0. The number of fused-ring (bicyclic) bond motifs is 1. The third kappa shape index (κ3) is 1.74. The first-order valence-electron chi connectivity index (χ1n) is 5.76. The molecule has 1 aromatic rings. The summed E-state index contributed by atoms with van der Waals surface area (Å²) in [6.07, 6.45) is 5.18. The lowest BCUT2D eigenvalue weighted by molar-refractivity contribution is 0.542. The molecule has 0 spiro atoms. The number of nitrogens with zero attached hydrogens (tertiary/aromatic N) is 2. The summed E-state index contributed by atoms with van der Waals surface area (Å²) in [4.78, 5) is 4.09. The minimum atomic E-state index is 0.288. The van der Waals surface area contributed by atoms with Crippen LogP contribution in [0, 0.1) is 23.2 Å². The van der Waals surface area contributed by atoms with E-state index in [4.69, 9.17) is 16.9 Å². The molecule has 1 aromatic heterocycles. The molecule has 1 aliphatic heterocycles. The zero-order chi connectivity index (χ0) is 11.8. The van der Waals surface area contributed by atoms with Crippen molar-refractivity contribution in [3.63, 3.8) is 0 Å². The van der Waals surface area contributed by atoms with Gasteiger partial charge < -0.3 is 5.32 Å². The van der Waals surface area contributed by atoms with Crippen molar-refractivity contribution >= 4 is 17.2 Å². The summed E-state index contributed by atoms with van der Waals surface area (Å²) in [5.74, 6) is 1.29. The predicted molar refractivity (Wildman–Crippen MR) is 66.4 cm³/mol. The third-order valence-corrected chi connectivity index (χ3v) is 3.97. The van der Waals surface area contributed by atoms with E-state index < -0.39 is 0 Å². The number of allylic oxidation sites excluding steroid dienone is 1. The van der Waals surface area contributed by atoms with Gasteiger partial charge in [0.1, 0.15) is 11.2 Å². The van der Waals surface area contributed by atoms with Crippen LogP contribution in [0.3, 0.4) is 0 Å². The largest absolute Gasteiger partial charge is 0.316 e. The maximum atomic E-state index is 8.97. The normalized spacial score (nSPS) is 26.5. The standard InChI is InChI=1S/C13H12ClN3/c14-13-9(4-15)3-10(6-17-13)11-2-1-8-5-16-7-12(8)11/h2-3,6,8,12,16H,1,5,7H2. The molecule has 4 heteroatoms. The predicted octanol–water partition coefficient (Wildman–Crippen LogP) is 2.23. The van der Waals surface area contributed by atoms with Gasteiger partial charge in [-0.2, -0.15) is 5.26 Å². The first-order chi connectivity index (χ1) is 8.29. The summed E-state index contributed by atoms with van der Waals surface area (Å²) in [5.41, 5.74) is 2.82. The zero-order valence-electron chi connectivity index (χ0n) is 9.28. The van der Waals surface area contributed by atoms with E-state index in [0.717, 1.165) is 25.1 Å². The Morgan fingerprint density at radius 2 is 2.35 bits per heavy atom. The molecule has 0 radical (unpaired) electrons. The van der Waals surface area contributed by atoms with Crippen molar-refractivity contribution in [2.45, 2.75) is 6.42 Å². The summed E-state index contributed by atoms with van der Waals surface area (Å²) >= 11 is 5.85. The number of aromatic nitrogens is 1. The lowest BCUT2D eigenvalue weighted by Gasteiger charge is -2.13. The molecule has 0 bridgehead atoms. The van der Waals surface area contributed by atoms with Gasteiger partial charge in [-0.25, -0.2) is 4.98 Å². The van der Waals surface area contributed by atoms with Crippen molar-refractivity contribution in [2.24, 2.45) is 11.8 Å². The van der Waals surface area contributed by atoms with Crippen LogP contribution in [0.15, 0.2) is 18.3 Å². The van der Waals surface area contributed by atoms with Crippen LogP contribution in [0.5, 0.6) is 0 Å². The van der Waals surface area contributed by atoms with Crippen LogP contribution < -0.4 is 5.32 Å². The Kier molecular flexibility index (Phi) is 2.62. The maximum Gasteiger partial charge on any atom is 0.146 e. The van der Waals surface area contributed by atoms with Crippen LogP contribution in [0.4, 0.5) is 0 Å². The monoisotopic (exact) mass is 245 g/mol. The molecule has 2 heterocycles. The molecule has 2 unspecified atom stereocenters. The van der Waals surface area contributed by atoms with Crippen molar-refractivity contribution in [3.05, 3.63) is 34.6 Å². The molecule has 3 rings (SSSR count). The number of hydrogen-bond acceptors (Lipinski definition) is 3. The Morgan fingerprint density at radius 3 is 3.18 bits per heavy atom. The van der Waals surface area contributed by atoms with Crippen LogP contribution >= 0.6 is 11.6 Å². The second-order valence-electron chi connectivity index (χ2n) is 4.59. The third-order valence-electron chi connectivity index (χ3n) is 3.67. The highest BCUT2D eigenvalue weighted by atomic mass is 35.5. The van der Waals surface area contributed by atoms with Gasteiger partial charge in [-0.1, -0.05) is 17.7 Å². The SMILES string of the molecule is N#Cc1cc(C2=CCC3CNCC23)cnc1Cl. The van der Waals surface area contributed by atoms with Gasteiger partial charge in [-0.15, -0.1) is 0 Å². The van der Waals surface area contributed by atoms with E-state index in [2.05, 4.69) is 22.4 Å². The van der Waals surface area contributed by atoms with Crippen LogP contribution in [-0.4, -0.2) is 18.1 Å². The van der Waals surface area contributed by atoms with Gasteiger partial charge in [0, 0.05) is 18.7 Å². The van der Waals surface area contributed by atoms with Gasteiger partial charge in [0.05, 0.1) is 5.56 Å². The fourth-order valence-corrected chi connectivity index (χ4v) is 2.94. The fraction of sp³-hybridized carbons (Fsp3) is 0.385. The van der Waals surface area contributed by atoms with Gasteiger partial charge in [-0.3, -0.25) is 0 Å². The number of nitrogens with one attached hydrogen (secondary N) is 1. The quantitative estimate of drug-likeness (QED) is 0.772. The molecule has 1 N–H and O–H groups in total. The lowest BCUT2D eigenvalue weighted by Crippen LogP contribution is -2.10. The molecule has 1 saturated heterocycles. The molecular weight excluding hydrogens is 234 g/mol. The maximum absolute atomic E-state index is 8.97. The Hall–Kier alpha value is -1.37. The van der Waals surface area contributed by atoms with Gasteiger partial charge in [0.15, 0.2) is 0 Å². The summed E-state index contributed by atoms with van der Waals surface area (Å²) in [6.45, 7) is 2.12. The zero-order valence-corrected chi connectivity index (χ0v) is 10.0. The number of pyridine rings is 1. The smallest absolute Gasteiger partial charge is 0.146 e. The second kappa shape index (κ2) is 4.14. The molecule has 1 aliphatic carbocycles. The Bertz CT molecular complexity index is 530. The lowest BCUT2D eigenvalue weighted by atomic mass is 9.91. The van der Waals surface area contributed by atoms with E-state index in [0.29, 0.717) is 17.4 Å². The van der Waals surface area contributed by atoms with Gasteiger partial charge in [-0.05, 0) is 36.1 Å². The number of hydrogen-bond donors (Lipinski definition) is 1. The molecule has 2 atom stereocenters. The molecule has 3 nitrogen and oxygen atoms in total.